The molecule has 0 saturated heterocycles. The SMILES string of the molecule is COc1cccc(CN(c2ccc(F)cc2)S(=O)(=O)c2cc(Cl)ccc2F)c1. The first-order valence-corrected chi connectivity index (χ1v) is 9.99. The average Bonchev–Trinajstić information content (AvgIpc) is 2.69. The van der Waals surface area contributed by atoms with Crippen molar-refractivity contribution in [3.05, 3.63) is 89.0 Å². The summed E-state index contributed by atoms with van der Waals surface area (Å²) >= 11 is 5.88. The van der Waals surface area contributed by atoms with Gasteiger partial charge in [-0.2, -0.15) is 0 Å². The molecule has 4 nitrogen and oxygen atoms in total. The Labute approximate surface area is 167 Å². The third-order valence-corrected chi connectivity index (χ3v) is 6.06. The molecule has 146 valence electrons. The Morgan fingerprint density at radius 2 is 1.71 bits per heavy atom. The molecular weight excluding hydrogens is 408 g/mol. The van der Waals surface area contributed by atoms with E-state index in [0.29, 0.717) is 11.3 Å². The summed E-state index contributed by atoms with van der Waals surface area (Å²) in [5.74, 6) is -0.901. The van der Waals surface area contributed by atoms with E-state index in [2.05, 4.69) is 0 Å². The second kappa shape index (κ2) is 8.16. The van der Waals surface area contributed by atoms with Crippen molar-refractivity contribution in [2.45, 2.75) is 11.4 Å². The van der Waals surface area contributed by atoms with Crippen molar-refractivity contribution in [1.29, 1.82) is 0 Å². The van der Waals surface area contributed by atoms with Crippen molar-refractivity contribution in [2.75, 3.05) is 11.4 Å². The molecule has 28 heavy (non-hydrogen) atoms. The smallest absolute Gasteiger partial charge is 0.267 e. The number of nitrogens with zero attached hydrogens (tertiary/aromatic N) is 1. The number of sulfonamides is 1. The summed E-state index contributed by atoms with van der Waals surface area (Å²) in [5.41, 5.74) is 0.790. The van der Waals surface area contributed by atoms with Crippen LogP contribution in [0.1, 0.15) is 5.56 Å². The van der Waals surface area contributed by atoms with Crippen LogP contribution in [-0.2, 0) is 16.6 Å². The summed E-state index contributed by atoms with van der Waals surface area (Å²) in [6.07, 6.45) is 0. The largest absolute Gasteiger partial charge is 0.497 e. The molecule has 0 saturated carbocycles. The van der Waals surface area contributed by atoms with Crippen molar-refractivity contribution in [2.24, 2.45) is 0 Å². The monoisotopic (exact) mass is 423 g/mol. The van der Waals surface area contributed by atoms with E-state index >= 15 is 0 Å². The first-order valence-electron chi connectivity index (χ1n) is 8.17. The molecular formula is C20H16ClF2NO3S. The van der Waals surface area contributed by atoms with Gasteiger partial charge in [0.25, 0.3) is 10.0 Å². The molecule has 3 rings (SSSR count). The number of ether oxygens (including phenoxy) is 1. The van der Waals surface area contributed by atoms with Gasteiger partial charge in [-0.25, -0.2) is 17.2 Å². The number of hydrogen-bond donors (Lipinski definition) is 0. The Hall–Kier alpha value is -2.64. The molecule has 0 unspecified atom stereocenters. The number of halogens is 3. The summed E-state index contributed by atoms with van der Waals surface area (Å²) in [6.45, 7) is -0.114. The Kier molecular flexibility index (Phi) is 5.86. The Bertz CT molecular complexity index is 1090. The van der Waals surface area contributed by atoms with Gasteiger partial charge in [-0.15, -0.1) is 0 Å². The van der Waals surface area contributed by atoms with E-state index in [1.807, 2.05) is 0 Å². The lowest BCUT2D eigenvalue weighted by Gasteiger charge is -2.25. The lowest BCUT2D eigenvalue weighted by molar-refractivity contribution is 0.414. The van der Waals surface area contributed by atoms with Crippen LogP contribution in [0.5, 0.6) is 5.75 Å². The van der Waals surface area contributed by atoms with Crippen molar-refractivity contribution < 1.29 is 21.9 Å². The number of anilines is 1. The van der Waals surface area contributed by atoms with Gasteiger partial charge in [-0.3, -0.25) is 4.31 Å². The van der Waals surface area contributed by atoms with Gasteiger partial charge >= 0.3 is 0 Å². The molecule has 0 fully saturated rings. The zero-order valence-electron chi connectivity index (χ0n) is 14.8. The van der Waals surface area contributed by atoms with Crippen molar-refractivity contribution in [3.63, 3.8) is 0 Å². The Morgan fingerprint density at radius 3 is 2.39 bits per heavy atom. The average molecular weight is 424 g/mol. The fourth-order valence-corrected chi connectivity index (χ4v) is 4.44. The van der Waals surface area contributed by atoms with E-state index in [1.165, 1.54) is 25.3 Å². The molecule has 0 bridgehead atoms. The van der Waals surface area contributed by atoms with E-state index in [4.69, 9.17) is 16.3 Å². The minimum Gasteiger partial charge on any atom is -0.497 e. The maximum atomic E-state index is 14.3. The molecule has 3 aromatic carbocycles. The predicted octanol–water partition coefficient (Wildman–Crippen LogP) is 5.02. The molecule has 0 radical (unpaired) electrons. The molecule has 0 N–H and O–H groups in total. The second-order valence-electron chi connectivity index (χ2n) is 5.91. The Morgan fingerprint density at radius 1 is 1.00 bits per heavy atom. The van der Waals surface area contributed by atoms with E-state index in [1.54, 1.807) is 24.3 Å². The zero-order valence-corrected chi connectivity index (χ0v) is 16.3. The quantitative estimate of drug-likeness (QED) is 0.559. The highest BCUT2D eigenvalue weighted by Gasteiger charge is 2.28. The van der Waals surface area contributed by atoms with Gasteiger partial charge in [-0.05, 0) is 60.2 Å². The van der Waals surface area contributed by atoms with Crippen LogP contribution in [0.4, 0.5) is 14.5 Å². The highest BCUT2D eigenvalue weighted by Crippen LogP contribution is 2.29. The molecule has 0 aromatic heterocycles. The normalized spacial score (nSPS) is 11.3. The minimum atomic E-state index is -4.33. The Balaban J connectivity index is 2.12. The fourth-order valence-electron chi connectivity index (χ4n) is 2.65. The molecule has 0 aliphatic rings. The van der Waals surface area contributed by atoms with Crippen molar-refractivity contribution in [1.82, 2.24) is 0 Å². The third-order valence-electron chi connectivity index (χ3n) is 4.04. The predicted molar refractivity (Wildman–Crippen MR) is 104 cm³/mol. The summed E-state index contributed by atoms with van der Waals surface area (Å²) < 4.78 is 60.3. The maximum absolute atomic E-state index is 14.3. The van der Waals surface area contributed by atoms with E-state index in [0.717, 1.165) is 28.6 Å². The van der Waals surface area contributed by atoms with Gasteiger partial charge in [0.2, 0.25) is 0 Å². The number of benzene rings is 3. The molecule has 0 aliphatic carbocycles. The van der Waals surface area contributed by atoms with Crippen LogP contribution in [0, 0.1) is 11.6 Å². The third kappa shape index (κ3) is 4.26. The van der Waals surface area contributed by atoms with E-state index in [-0.39, 0.29) is 17.3 Å². The topological polar surface area (TPSA) is 46.6 Å². The van der Waals surface area contributed by atoms with E-state index in [9.17, 15) is 17.2 Å². The molecule has 8 heteroatoms. The van der Waals surface area contributed by atoms with Crippen LogP contribution in [0.25, 0.3) is 0 Å². The maximum Gasteiger partial charge on any atom is 0.267 e. The highest BCUT2D eigenvalue weighted by molar-refractivity contribution is 7.92. The van der Waals surface area contributed by atoms with Gasteiger partial charge in [0.1, 0.15) is 22.3 Å². The lowest BCUT2D eigenvalue weighted by Crippen LogP contribution is -2.31. The number of hydrogen-bond acceptors (Lipinski definition) is 3. The van der Waals surface area contributed by atoms with Gasteiger partial charge in [-0.1, -0.05) is 23.7 Å². The zero-order chi connectivity index (χ0) is 20.3. The first-order chi connectivity index (χ1) is 13.3. The molecule has 0 atom stereocenters. The van der Waals surface area contributed by atoms with Crippen LogP contribution < -0.4 is 9.04 Å². The number of rotatable bonds is 6. The van der Waals surface area contributed by atoms with Crippen LogP contribution in [-0.4, -0.2) is 15.5 Å². The van der Waals surface area contributed by atoms with Crippen LogP contribution >= 0.6 is 11.6 Å². The molecule has 0 aliphatic heterocycles. The summed E-state index contributed by atoms with van der Waals surface area (Å²) in [4.78, 5) is -0.563. The summed E-state index contributed by atoms with van der Waals surface area (Å²) in [6, 6.07) is 15.0. The summed E-state index contributed by atoms with van der Waals surface area (Å²) in [5, 5.41) is 0.0837. The van der Waals surface area contributed by atoms with Gasteiger partial charge in [0.05, 0.1) is 19.3 Å². The minimum absolute atomic E-state index is 0.0837. The second-order valence-corrected chi connectivity index (χ2v) is 8.18. The van der Waals surface area contributed by atoms with Gasteiger partial charge in [0, 0.05) is 5.02 Å². The fraction of sp³-hybridized carbons (Fsp3) is 0.100. The highest BCUT2D eigenvalue weighted by atomic mass is 35.5. The molecule has 0 spiro atoms. The van der Waals surface area contributed by atoms with Gasteiger partial charge < -0.3 is 4.74 Å². The van der Waals surface area contributed by atoms with Crippen LogP contribution in [0.15, 0.2) is 71.6 Å². The molecule has 0 heterocycles. The van der Waals surface area contributed by atoms with Crippen LogP contribution in [0.3, 0.4) is 0 Å². The number of methoxy groups -OCH3 is 1. The lowest BCUT2D eigenvalue weighted by atomic mass is 10.2. The summed E-state index contributed by atoms with van der Waals surface area (Å²) in [7, 11) is -2.83. The van der Waals surface area contributed by atoms with Crippen molar-refractivity contribution >= 4 is 27.3 Å². The first kappa shape index (κ1) is 20.1. The molecule has 3 aromatic rings. The van der Waals surface area contributed by atoms with E-state index < -0.39 is 26.6 Å². The molecule has 0 amide bonds. The van der Waals surface area contributed by atoms with Crippen molar-refractivity contribution in [3.8, 4) is 5.75 Å². The van der Waals surface area contributed by atoms with Crippen LogP contribution in [0.2, 0.25) is 5.02 Å². The van der Waals surface area contributed by atoms with Gasteiger partial charge in [0.15, 0.2) is 0 Å². The standard InChI is InChI=1S/C20H16ClF2NO3S/c1-27-18-4-2-3-14(11-18)13-24(17-8-6-16(22)7-9-17)28(25,26)20-12-15(21)5-10-19(20)23/h2-12H,13H2,1H3.